The predicted octanol–water partition coefficient (Wildman–Crippen LogP) is 3.10. The Hall–Kier alpha value is -2.64. The molecule has 1 N–H and O–H groups in total. The first kappa shape index (κ1) is 22.1. The van der Waals surface area contributed by atoms with Crippen molar-refractivity contribution in [3.63, 3.8) is 0 Å². The van der Waals surface area contributed by atoms with Crippen molar-refractivity contribution in [2.45, 2.75) is 20.3 Å². The molecule has 0 aliphatic carbocycles. The van der Waals surface area contributed by atoms with Crippen molar-refractivity contribution >= 4 is 29.3 Å². The molecule has 0 unspecified atom stereocenters. The van der Waals surface area contributed by atoms with Gasteiger partial charge in [-0.15, -0.1) is 0 Å². The molecular formula is C22H26ClN3O4. The molecule has 0 atom stereocenters. The van der Waals surface area contributed by atoms with E-state index in [4.69, 9.17) is 16.3 Å². The number of aromatic amines is 1. The summed E-state index contributed by atoms with van der Waals surface area (Å²) in [6.45, 7) is 6.14. The molecule has 0 spiro atoms. The van der Waals surface area contributed by atoms with E-state index in [0.717, 1.165) is 6.42 Å². The van der Waals surface area contributed by atoms with Crippen molar-refractivity contribution in [2.75, 3.05) is 39.8 Å². The Morgan fingerprint density at radius 1 is 1.10 bits per heavy atom. The van der Waals surface area contributed by atoms with Gasteiger partial charge in [0.25, 0.3) is 5.91 Å². The monoisotopic (exact) mass is 431 g/mol. The molecule has 160 valence electrons. The largest absolute Gasteiger partial charge is 0.465 e. The number of nitrogens with zero attached hydrogens (tertiary/aromatic N) is 2. The number of amides is 1. The topological polar surface area (TPSA) is 82.7 Å². The summed E-state index contributed by atoms with van der Waals surface area (Å²) in [5, 5.41) is 0.442. The second-order valence-corrected chi connectivity index (χ2v) is 7.85. The number of ketones is 1. The number of rotatable bonds is 5. The fourth-order valence-electron chi connectivity index (χ4n) is 3.86. The van der Waals surface area contributed by atoms with E-state index < -0.39 is 5.97 Å². The minimum absolute atomic E-state index is 0.0865. The second-order valence-electron chi connectivity index (χ2n) is 7.44. The number of ether oxygens (including phenoxy) is 1. The Kier molecular flexibility index (Phi) is 6.95. The lowest BCUT2D eigenvalue weighted by atomic mass is 10.1. The van der Waals surface area contributed by atoms with Crippen LogP contribution in [0.3, 0.4) is 0 Å². The van der Waals surface area contributed by atoms with Crippen LogP contribution in [0, 0.1) is 13.8 Å². The highest BCUT2D eigenvalue weighted by Crippen LogP contribution is 2.21. The highest BCUT2D eigenvalue weighted by atomic mass is 35.5. The van der Waals surface area contributed by atoms with Gasteiger partial charge in [-0.25, -0.2) is 4.79 Å². The first-order chi connectivity index (χ1) is 14.3. The molecule has 1 aliphatic heterocycles. The van der Waals surface area contributed by atoms with E-state index in [-0.39, 0.29) is 18.2 Å². The van der Waals surface area contributed by atoms with Crippen LogP contribution in [0.4, 0.5) is 0 Å². The van der Waals surface area contributed by atoms with Crippen molar-refractivity contribution in [1.29, 1.82) is 0 Å². The molecule has 3 rings (SSSR count). The lowest BCUT2D eigenvalue weighted by Crippen LogP contribution is -2.37. The Morgan fingerprint density at radius 3 is 2.53 bits per heavy atom. The van der Waals surface area contributed by atoms with Gasteiger partial charge in [-0.2, -0.15) is 0 Å². The number of aryl methyl sites for hydroxylation is 1. The third-order valence-electron chi connectivity index (χ3n) is 5.45. The molecule has 0 saturated carbocycles. The van der Waals surface area contributed by atoms with Crippen molar-refractivity contribution in [1.82, 2.24) is 14.8 Å². The van der Waals surface area contributed by atoms with Crippen LogP contribution in [0.2, 0.25) is 5.02 Å². The number of nitrogens with one attached hydrogen (secondary N) is 1. The zero-order valence-electron chi connectivity index (χ0n) is 17.5. The highest BCUT2D eigenvalue weighted by Gasteiger charge is 2.26. The zero-order chi connectivity index (χ0) is 21.8. The van der Waals surface area contributed by atoms with Gasteiger partial charge in [-0.05, 0) is 38.0 Å². The first-order valence-electron chi connectivity index (χ1n) is 9.90. The number of aromatic nitrogens is 1. The predicted molar refractivity (Wildman–Crippen MR) is 114 cm³/mol. The van der Waals surface area contributed by atoms with Crippen LogP contribution in [-0.2, 0) is 4.74 Å². The summed E-state index contributed by atoms with van der Waals surface area (Å²) < 4.78 is 4.81. The molecule has 1 aliphatic rings. The van der Waals surface area contributed by atoms with E-state index >= 15 is 0 Å². The molecule has 7 nitrogen and oxygen atoms in total. The number of halogens is 1. The summed E-state index contributed by atoms with van der Waals surface area (Å²) in [6, 6.07) is 7.03. The molecule has 1 aromatic carbocycles. The normalized spacial score (nSPS) is 15.0. The van der Waals surface area contributed by atoms with Gasteiger partial charge in [0.15, 0.2) is 5.78 Å². The van der Waals surface area contributed by atoms with Crippen molar-refractivity contribution in [2.24, 2.45) is 0 Å². The van der Waals surface area contributed by atoms with Crippen LogP contribution in [0.5, 0.6) is 0 Å². The van der Waals surface area contributed by atoms with Gasteiger partial charge in [0.1, 0.15) is 0 Å². The number of methoxy groups -OCH3 is 1. The highest BCUT2D eigenvalue weighted by molar-refractivity contribution is 6.33. The van der Waals surface area contributed by atoms with E-state index in [1.807, 2.05) is 4.90 Å². The van der Waals surface area contributed by atoms with Crippen LogP contribution in [0.15, 0.2) is 24.3 Å². The average molecular weight is 432 g/mol. The van der Waals surface area contributed by atoms with E-state index in [1.54, 1.807) is 43.0 Å². The van der Waals surface area contributed by atoms with E-state index in [1.165, 1.54) is 7.11 Å². The van der Waals surface area contributed by atoms with Crippen LogP contribution in [-0.4, -0.2) is 72.3 Å². The smallest absolute Gasteiger partial charge is 0.339 e. The second kappa shape index (κ2) is 9.45. The summed E-state index contributed by atoms with van der Waals surface area (Å²) in [5.41, 5.74) is 2.57. The van der Waals surface area contributed by atoms with Crippen molar-refractivity contribution < 1.29 is 19.1 Å². The summed E-state index contributed by atoms with van der Waals surface area (Å²) in [6.07, 6.45) is 0.764. The molecule has 30 heavy (non-hydrogen) atoms. The maximum atomic E-state index is 12.9. The van der Waals surface area contributed by atoms with Crippen LogP contribution in [0.1, 0.15) is 48.9 Å². The summed E-state index contributed by atoms with van der Waals surface area (Å²) in [5.74, 6) is -0.632. The number of Topliss-reactive ketones (excluding diaryl/α,β-unsaturated/α-hetero) is 1. The standard InChI is InChI=1S/C22H26ClN3O4/c1-14-19(22(29)30-3)15(2)24-20(14)18(27)13-25-9-6-10-26(12-11-25)21(28)16-7-4-5-8-17(16)23/h4-5,7-8,24H,6,9-13H2,1-3H3. The molecule has 1 amide bonds. The average Bonchev–Trinajstić information content (AvgIpc) is 2.89. The number of H-pyrrole nitrogens is 1. The molecule has 0 radical (unpaired) electrons. The molecular weight excluding hydrogens is 406 g/mol. The molecule has 1 aromatic heterocycles. The Morgan fingerprint density at radius 2 is 1.83 bits per heavy atom. The van der Waals surface area contributed by atoms with Crippen LogP contribution >= 0.6 is 11.6 Å². The lowest BCUT2D eigenvalue weighted by Gasteiger charge is -2.22. The zero-order valence-corrected chi connectivity index (χ0v) is 18.2. The Balaban J connectivity index is 1.65. The quantitative estimate of drug-likeness (QED) is 0.581. The van der Waals surface area contributed by atoms with Crippen LogP contribution in [0.25, 0.3) is 0 Å². The molecule has 2 heterocycles. The van der Waals surface area contributed by atoms with Gasteiger partial charge in [0.2, 0.25) is 0 Å². The van der Waals surface area contributed by atoms with E-state index in [0.29, 0.717) is 59.3 Å². The van der Waals surface area contributed by atoms with Gasteiger partial charge in [-0.3, -0.25) is 14.5 Å². The fourth-order valence-corrected chi connectivity index (χ4v) is 4.07. The minimum atomic E-state index is -0.455. The first-order valence-corrected chi connectivity index (χ1v) is 10.3. The molecule has 8 heteroatoms. The third-order valence-corrected chi connectivity index (χ3v) is 5.78. The van der Waals surface area contributed by atoms with Crippen molar-refractivity contribution in [3.05, 3.63) is 57.4 Å². The number of hydrogen-bond acceptors (Lipinski definition) is 5. The maximum Gasteiger partial charge on any atom is 0.339 e. The van der Waals surface area contributed by atoms with Gasteiger partial charge >= 0.3 is 5.97 Å². The fraction of sp³-hybridized carbons (Fsp3) is 0.409. The summed E-state index contributed by atoms with van der Waals surface area (Å²) >= 11 is 6.17. The van der Waals surface area contributed by atoms with Gasteiger partial charge in [0, 0.05) is 31.9 Å². The van der Waals surface area contributed by atoms with Gasteiger partial charge < -0.3 is 14.6 Å². The van der Waals surface area contributed by atoms with E-state index in [9.17, 15) is 14.4 Å². The van der Waals surface area contributed by atoms with E-state index in [2.05, 4.69) is 4.98 Å². The molecule has 2 aromatic rings. The molecule has 0 bridgehead atoms. The third kappa shape index (κ3) is 4.57. The van der Waals surface area contributed by atoms with Crippen LogP contribution < -0.4 is 0 Å². The van der Waals surface area contributed by atoms with Crippen molar-refractivity contribution in [3.8, 4) is 0 Å². The number of benzene rings is 1. The van der Waals surface area contributed by atoms with Gasteiger partial charge in [0.05, 0.1) is 35.5 Å². The number of esters is 1. The maximum absolute atomic E-state index is 12.9. The Bertz CT molecular complexity index is 969. The summed E-state index contributed by atoms with van der Waals surface area (Å²) in [4.78, 5) is 44.5. The Labute approximate surface area is 180 Å². The number of carbonyl (C=O) groups excluding carboxylic acids is 3. The minimum Gasteiger partial charge on any atom is -0.465 e. The number of carbonyl (C=O) groups is 3. The number of hydrogen-bond donors (Lipinski definition) is 1. The van der Waals surface area contributed by atoms with Gasteiger partial charge in [-0.1, -0.05) is 23.7 Å². The lowest BCUT2D eigenvalue weighted by molar-refractivity contribution is 0.0599. The molecule has 1 fully saturated rings. The molecule has 1 saturated heterocycles. The summed E-state index contributed by atoms with van der Waals surface area (Å²) in [7, 11) is 1.32. The SMILES string of the molecule is COC(=O)c1c(C)[nH]c(C(=O)CN2CCCN(C(=O)c3ccccc3Cl)CC2)c1C.